The number of sulfone groups is 1. The van der Waals surface area contributed by atoms with E-state index in [-0.39, 0.29) is 12.2 Å². The predicted molar refractivity (Wildman–Crippen MR) is 150 cm³/mol. The van der Waals surface area contributed by atoms with E-state index in [1.165, 1.54) is 17.8 Å². The quantitative estimate of drug-likeness (QED) is 0.322. The number of fused-ring (bicyclic) bond motifs is 1. The molecule has 2 fully saturated rings. The number of aliphatic hydroxyl groups excluding tert-OH is 2. The zero-order chi connectivity index (χ0) is 27.4. The first-order chi connectivity index (χ1) is 17.9. The van der Waals surface area contributed by atoms with E-state index in [1.54, 1.807) is 27.0 Å². The van der Waals surface area contributed by atoms with Crippen LogP contribution in [0.25, 0.3) is 20.8 Å². The van der Waals surface area contributed by atoms with Gasteiger partial charge in [0.15, 0.2) is 9.84 Å². The third kappa shape index (κ3) is 4.65. The Morgan fingerprint density at radius 2 is 1.82 bits per heavy atom. The summed E-state index contributed by atoms with van der Waals surface area (Å²) in [5.41, 5.74) is 3.10. The molecule has 2 aliphatic rings. The van der Waals surface area contributed by atoms with Gasteiger partial charge in [-0.05, 0) is 59.4 Å². The summed E-state index contributed by atoms with van der Waals surface area (Å²) in [7, 11) is -3.48. The van der Waals surface area contributed by atoms with Gasteiger partial charge >= 0.3 is 0 Å². The Balaban J connectivity index is 1.54. The summed E-state index contributed by atoms with van der Waals surface area (Å²) in [6, 6.07) is 1.65. The Morgan fingerprint density at radius 1 is 1.08 bits per heavy atom. The second-order valence-corrected chi connectivity index (χ2v) is 14.9. The molecule has 3 aromatic rings. The minimum absolute atomic E-state index is 0.0330. The number of nitrogens with one attached hydrogen (secondary N) is 2. The first-order valence-corrected chi connectivity index (χ1v) is 15.6. The molecule has 3 aromatic heterocycles. The molecule has 2 aliphatic carbocycles. The van der Waals surface area contributed by atoms with Crippen LogP contribution in [0.15, 0.2) is 12.3 Å². The van der Waals surface area contributed by atoms with Crippen LogP contribution < -0.4 is 10.6 Å². The van der Waals surface area contributed by atoms with Crippen molar-refractivity contribution in [3.8, 4) is 10.6 Å². The zero-order valence-electron chi connectivity index (χ0n) is 22.4. The van der Waals surface area contributed by atoms with Crippen LogP contribution in [0.4, 0.5) is 11.8 Å². The van der Waals surface area contributed by atoms with E-state index in [0.717, 1.165) is 45.0 Å². The fourth-order valence-corrected chi connectivity index (χ4v) is 8.02. The van der Waals surface area contributed by atoms with Crippen LogP contribution in [-0.4, -0.2) is 73.4 Å². The first kappa shape index (κ1) is 27.2. The van der Waals surface area contributed by atoms with Crippen LogP contribution in [0.1, 0.15) is 57.8 Å². The smallest absolute Gasteiger partial charge is 0.225 e. The molecule has 0 aliphatic heterocycles. The van der Waals surface area contributed by atoms with Crippen molar-refractivity contribution in [3.05, 3.63) is 23.7 Å². The third-order valence-electron chi connectivity index (χ3n) is 8.31. The zero-order valence-corrected chi connectivity index (χ0v) is 24.0. The van der Waals surface area contributed by atoms with Gasteiger partial charge in [-0.25, -0.2) is 18.4 Å². The lowest BCUT2D eigenvalue weighted by Crippen LogP contribution is -2.46. The number of anilines is 2. The molecule has 0 amide bonds. The molecule has 0 radical (unpaired) electrons. The Labute approximate surface area is 227 Å². The highest BCUT2D eigenvalue weighted by atomic mass is 32.2. The van der Waals surface area contributed by atoms with Gasteiger partial charge in [-0.3, -0.25) is 4.98 Å². The molecule has 206 valence electrons. The van der Waals surface area contributed by atoms with E-state index >= 15 is 0 Å². The fourth-order valence-electron chi connectivity index (χ4n) is 5.47. The Bertz CT molecular complexity index is 1450. The van der Waals surface area contributed by atoms with Gasteiger partial charge in [0, 0.05) is 23.9 Å². The largest absolute Gasteiger partial charge is 0.390 e. The van der Waals surface area contributed by atoms with Crippen LogP contribution >= 0.6 is 11.3 Å². The number of aromatic nitrogens is 4. The minimum atomic E-state index is -3.48. The van der Waals surface area contributed by atoms with E-state index < -0.39 is 38.8 Å². The van der Waals surface area contributed by atoms with Crippen LogP contribution in [-0.2, 0) is 9.84 Å². The molecule has 3 heterocycles. The van der Waals surface area contributed by atoms with Crippen LogP contribution in [0.3, 0.4) is 0 Å². The maximum absolute atomic E-state index is 12.8. The van der Waals surface area contributed by atoms with E-state index in [9.17, 15) is 18.6 Å². The average molecular weight is 561 g/mol. The number of pyridine rings is 1. The molecule has 0 spiro atoms. The van der Waals surface area contributed by atoms with Gasteiger partial charge in [0.2, 0.25) is 5.95 Å². The van der Waals surface area contributed by atoms with Crippen molar-refractivity contribution in [2.45, 2.75) is 89.3 Å². The van der Waals surface area contributed by atoms with Gasteiger partial charge in [0.05, 0.1) is 38.5 Å². The van der Waals surface area contributed by atoms with Crippen LogP contribution in [0.5, 0.6) is 0 Å². The monoisotopic (exact) mass is 560 g/mol. The lowest BCUT2D eigenvalue weighted by molar-refractivity contribution is 0.0105. The van der Waals surface area contributed by atoms with Gasteiger partial charge in [-0.1, -0.05) is 6.92 Å². The van der Waals surface area contributed by atoms with E-state index in [1.807, 2.05) is 19.9 Å². The predicted octanol–water partition coefficient (Wildman–Crippen LogP) is 3.47. The minimum Gasteiger partial charge on any atom is -0.390 e. The summed E-state index contributed by atoms with van der Waals surface area (Å²) in [5.74, 6) is 0.317. The molecule has 0 aromatic carbocycles. The normalized spacial score (nSPS) is 24.5. The first-order valence-electron chi connectivity index (χ1n) is 13.2. The second-order valence-electron chi connectivity index (χ2n) is 11.0. The number of rotatable bonds is 8. The van der Waals surface area contributed by atoms with Crippen molar-refractivity contribution >= 4 is 43.2 Å². The van der Waals surface area contributed by atoms with E-state index in [2.05, 4.69) is 15.6 Å². The van der Waals surface area contributed by atoms with Crippen LogP contribution in [0.2, 0.25) is 0 Å². The van der Waals surface area contributed by atoms with Crippen molar-refractivity contribution in [2.24, 2.45) is 5.92 Å². The van der Waals surface area contributed by atoms with Crippen molar-refractivity contribution in [2.75, 3.05) is 16.4 Å². The van der Waals surface area contributed by atoms with Crippen molar-refractivity contribution < 1.29 is 18.6 Å². The van der Waals surface area contributed by atoms with Gasteiger partial charge in [0.1, 0.15) is 22.4 Å². The van der Waals surface area contributed by atoms with Gasteiger partial charge in [-0.2, -0.15) is 4.98 Å². The Kier molecular flexibility index (Phi) is 7.12. The second kappa shape index (κ2) is 9.96. The molecular weight excluding hydrogens is 524 g/mol. The van der Waals surface area contributed by atoms with Gasteiger partial charge in [-0.15, -0.1) is 11.3 Å². The lowest BCUT2D eigenvalue weighted by Gasteiger charge is -2.33. The van der Waals surface area contributed by atoms with Crippen LogP contribution in [0, 0.1) is 19.8 Å². The molecule has 0 unspecified atom stereocenters. The van der Waals surface area contributed by atoms with Gasteiger partial charge in [0.25, 0.3) is 0 Å². The summed E-state index contributed by atoms with van der Waals surface area (Å²) in [5, 5.41) is 29.5. The molecule has 38 heavy (non-hydrogen) atoms. The highest BCUT2D eigenvalue weighted by molar-refractivity contribution is 7.92. The number of nitrogens with zero attached hydrogens (tertiary/aromatic N) is 4. The molecule has 0 saturated heterocycles. The molecule has 5 rings (SSSR count). The molecule has 2 saturated carbocycles. The summed E-state index contributed by atoms with van der Waals surface area (Å²) in [4.78, 5) is 18.7. The summed E-state index contributed by atoms with van der Waals surface area (Å²) < 4.78 is 25.5. The maximum Gasteiger partial charge on any atom is 0.225 e. The molecule has 0 bridgehead atoms. The van der Waals surface area contributed by atoms with E-state index in [4.69, 9.17) is 15.0 Å². The van der Waals surface area contributed by atoms with Gasteiger partial charge < -0.3 is 20.8 Å². The molecular formula is C26H36N6O4S2. The summed E-state index contributed by atoms with van der Waals surface area (Å²) in [6.45, 7) is 8.69. The SMILES string of the molecule is CCS(=O)(=O)C(C)(C)[C@H]1C[C@@H](Nc2nc(NC3CCC3)nc(C)c2-c2nc3c(C)nccc3s2)[C@H](O)[C@@H]1O. The lowest BCUT2D eigenvalue weighted by atomic mass is 9.91. The highest BCUT2D eigenvalue weighted by Gasteiger charge is 2.53. The molecule has 4 atom stereocenters. The van der Waals surface area contributed by atoms with Crippen molar-refractivity contribution in [3.63, 3.8) is 0 Å². The number of thiazole rings is 1. The Hall–Kier alpha value is -2.41. The number of hydrogen-bond donors (Lipinski definition) is 4. The maximum atomic E-state index is 12.8. The summed E-state index contributed by atoms with van der Waals surface area (Å²) >= 11 is 1.52. The molecule has 12 heteroatoms. The number of aliphatic hydroxyl groups is 2. The topological polar surface area (TPSA) is 150 Å². The standard InChI is InChI=1S/C26H36N6O4S2/c1-6-38(35,36)26(4,5)16-12-17(22(34)21(16)33)30-23-19(13(2)28-25(32-23)29-15-8-7-9-15)24-31-20-14(3)27-11-10-18(20)37-24/h10-11,15-17,21-22,33-34H,6-9,12H2,1-5H3,(H2,28,29,30,32)/t16-,17+,21+,22-/m0/s1. The number of hydrogen-bond acceptors (Lipinski definition) is 11. The Morgan fingerprint density at radius 3 is 2.45 bits per heavy atom. The molecule has 10 nitrogen and oxygen atoms in total. The highest BCUT2D eigenvalue weighted by Crippen LogP contribution is 2.42. The van der Waals surface area contributed by atoms with Crippen molar-refractivity contribution in [1.82, 2.24) is 19.9 Å². The fraction of sp³-hybridized carbons (Fsp3) is 0.615. The summed E-state index contributed by atoms with van der Waals surface area (Å²) in [6.07, 6.45) is 2.96. The average Bonchev–Trinajstić information content (AvgIpc) is 3.39. The number of aryl methyl sites for hydroxylation is 2. The van der Waals surface area contributed by atoms with Crippen molar-refractivity contribution in [1.29, 1.82) is 0 Å². The van der Waals surface area contributed by atoms with E-state index in [0.29, 0.717) is 17.8 Å². The molecule has 4 N–H and O–H groups in total. The third-order valence-corrected chi connectivity index (χ3v) is 12.0.